The first-order chi connectivity index (χ1) is 9.79. The molecule has 21 heavy (non-hydrogen) atoms. The molecule has 2 rings (SSSR count). The van der Waals surface area contributed by atoms with Crippen molar-refractivity contribution in [2.24, 2.45) is 0 Å². The van der Waals surface area contributed by atoms with Crippen LogP contribution in [0.1, 0.15) is 27.3 Å². The number of hydrogen-bond acceptors (Lipinski definition) is 3. The Balaban J connectivity index is 2.28. The van der Waals surface area contributed by atoms with Crippen LogP contribution in [0.3, 0.4) is 0 Å². The van der Waals surface area contributed by atoms with Crippen LogP contribution in [0.15, 0.2) is 30.6 Å². The number of nitrogens with zero attached hydrogens (tertiary/aromatic N) is 2. The molecule has 7 heteroatoms. The molecular weight excluding hydrogens is 283 g/mol. The average molecular weight is 295 g/mol. The zero-order valence-corrected chi connectivity index (χ0v) is 11.3. The normalized spacial score (nSPS) is 11.3. The zero-order chi connectivity index (χ0) is 15.6. The highest BCUT2D eigenvalue weighted by molar-refractivity contribution is 6.05. The quantitative estimate of drug-likeness (QED) is 0.924. The summed E-state index contributed by atoms with van der Waals surface area (Å²) in [5.74, 6) is -0.537. The van der Waals surface area contributed by atoms with E-state index in [4.69, 9.17) is 0 Å². The van der Waals surface area contributed by atoms with Gasteiger partial charge in [-0.25, -0.2) is 9.97 Å². The van der Waals surface area contributed by atoms with E-state index in [1.807, 2.05) is 0 Å². The summed E-state index contributed by atoms with van der Waals surface area (Å²) in [5, 5.41) is 2.43. The molecule has 1 heterocycles. The number of aromatic nitrogens is 2. The Morgan fingerprint density at radius 1 is 1.14 bits per heavy atom. The molecule has 1 aromatic carbocycles. The highest BCUT2D eigenvalue weighted by Gasteiger charge is 2.30. The Morgan fingerprint density at radius 3 is 2.33 bits per heavy atom. The van der Waals surface area contributed by atoms with Gasteiger partial charge < -0.3 is 5.32 Å². The number of benzene rings is 1. The van der Waals surface area contributed by atoms with Gasteiger partial charge in [0.05, 0.1) is 22.5 Å². The number of nitrogens with one attached hydrogen (secondary N) is 1. The van der Waals surface area contributed by atoms with Crippen LogP contribution in [0.25, 0.3) is 0 Å². The summed E-state index contributed by atoms with van der Waals surface area (Å²) in [5.41, 5.74) is 0.435. The van der Waals surface area contributed by atoms with Crippen molar-refractivity contribution in [1.29, 1.82) is 0 Å². The second-order valence-corrected chi connectivity index (χ2v) is 4.45. The molecule has 0 fully saturated rings. The van der Waals surface area contributed by atoms with Crippen LogP contribution in [0.2, 0.25) is 0 Å². The summed E-state index contributed by atoms with van der Waals surface area (Å²) in [4.78, 5) is 20.0. The summed E-state index contributed by atoms with van der Waals surface area (Å²) < 4.78 is 37.9. The second kappa shape index (κ2) is 5.51. The molecule has 0 unspecified atom stereocenters. The van der Waals surface area contributed by atoms with Gasteiger partial charge >= 0.3 is 6.18 Å². The van der Waals surface area contributed by atoms with Crippen molar-refractivity contribution in [1.82, 2.24) is 9.97 Å². The Bertz CT molecular complexity index is 663. The SMILES string of the molecule is Cc1ncnc(C)c1C(=O)Nc1cccc(C(F)(F)F)c1. The van der Waals surface area contributed by atoms with Crippen molar-refractivity contribution < 1.29 is 18.0 Å². The smallest absolute Gasteiger partial charge is 0.322 e. The fraction of sp³-hybridized carbons (Fsp3) is 0.214. The van der Waals surface area contributed by atoms with E-state index < -0.39 is 17.6 Å². The van der Waals surface area contributed by atoms with Crippen LogP contribution < -0.4 is 5.32 Å². The summed E-state index contributed by atoms with van der Waals surface area (Å²) >= 11 is 0. The standard InChI is InChI=1S/C14H12F3N3O/c1-8-12(9(2)19-7-18-8)13(21)20-11-5-3-4-10(6-11)14(15,16)17/h3-7H,1-2H3,(H,20,21). The minimum atomic E-state index is -4.46. The maximum atomic E-state index is 12.6. The first-order valence-electron chi connectivity index (χ1n) is 6.06. The minimum Gasteiger partial charge on any atom is -0.322 e. The molecule has 0 saturated heterocycles. The molecule has 0 saturated carbocycles. The van der Waals surface area contributed by atoms with Gasteiger partial charge in [-0.1, -0.05) is 6.07 Å². The highest BCUT2D eigenvalue weighted by Crippen LogP contribution is 2.30. The van der Waals surface area contributed by atoms with Gasteiger partial charge in [0.25, 0.3) is 5.91 Å². The van der Waals surface area contributed by atoms with E-state index in [0.29, 0.717) is 11.4 Å². The van der Waals surface area contributed by atoms with Crippen LogP contribution >= 0.6 is 0 Å². The van der Waals surface area contributed by atoms with Crippen molar-refractivity contribution in [3.63, 3.8) is 0 Å². The monoisotopic (exact) mass is 295 g/mol. The topological polar surface area (TPSA) is 54.9 Å². The van der Waals surface area contributed by atoms with E-state index in [2.05, 4.69) is 15.3 Å². The van der Waals surface area contributed by atoms with Gasteiger partial charge in [-0.05, 0) is 32.0 Å². The summed E-state index contributed by atoms with van der Waals surface area (Å²) in [7, 11) is 0. The molecule has 0 atom stereocenters. The van der Waals surface area contributed by atoms with E-state index in [9.17, 15) is 18.0 Å². The Labute approximate surface area is 119 Å². The number of hydrogen-bond donors (Lipinski definition) is 1. The second-order valence-electron chi connectivity index (χ2n) is 4.45. The van der Waals surface area contributed by atoms with Crippen molar-refractivity contribution in [2.45, 2.75) is 20.0 Å². The van der Waals surface area contributed by atoms with Gasteiger partial charge in [-0.2, -0.15) is 13.2 Å². The Morgan fingerprint density at radius 2 is 1.76 bits per heavy atom. The lowest BCUT2D eigenvalue weighted by Gasteiger charge is -2.11. The van der Waals surface area contributed by atoms with Gasteiger partial charge in [-0.15, -0.1) is 0 Å². The lowest BCUT2D eigenvalue weighted by Crippen LogP contribution is -2.17. The molecular formula is C14H12F3N3O. The number of aryl methyl sites for hydroxylation is 2. The maximum absolute atomic E-state index is 12.6. The predicted octanol–water partition coefficient (Wildman–Crippen LogP) is 3.36. The van der Waals surface area contributed by atoms with E-state index in [0.717, 1.165) is 12.1 Å². The lowest BCUT2D eigenvalue weighted by molar-refractivity contribution is -0.137. The summed E-state index contributed by atoms with van der Waals surface area (Å²) in [6, 6.07) is 4.45. The number of rotatable bonds is 2. The molecule has 2 aromatic rings. The molecule has 0 aliphatic rings. The van der Waals surface area contributed by atoms with Crippen LogP contribution in [0, 0.1) is 13.8 Å². The fourth-order valence-corrected chi connectivity index (χ4v) is 1.89. The Kier molecular flexibility index (Phi) is 3.93. The largest absolute Gasteiger partial charge is 0.416 e. The zero-order valence-electron chi connectivity index (χ0n) is 11.3. The number of halogens is 3. The Hall–Kier alpha value is -2.44. The third-order valence-electron chi connectivity index (χ3n) is 2.90. The molecule has 0 bridgehead atoms. The van der Waals surface area contributed by atoms with Crippen molar-refractivity contribution in [3.05, 3.63) is 53.1 Å². The molecule has 0 aliphatic heterocycles. The molecule has 4 nitrogen and oxygen atoms in total. The molecule has 0 radical (unpaired) electrons. The van der Waals surface area contributed by atoms with Crippen molar-refractivity contribution in [2.75, 3.05) is 5.32 Å². The molecule has 0 aliphatic carbocycles. The molecule has 1 N–H and O–H groups in total. The lowest BCUT2D eigenvalue weighted by atomic mass is 10.1. The van der Waals surface area contributed by atoms with E-state index in [1.54, 1.807) is 13.8 Å². The van der Waals surface area contributed by atoms with Gasteiger partial charge in [0.15, 0.2) is 0 Å². The van der Waals surface area contributed by atoms with Crippen molar-refractivity contribution >= 4 is 11.6 Å². The average Bonchev–Trinajstić information content (AvgIpc) is 2.37. The predicted molar refractivity (Wildman–Crippen MR) is 70.9 cm³/mol. The number of alkyl halides is 3. The van der Waals surface area contributed by atoms with Gasteiger partial charge in [0, 0.05) is 5.69 Å². The minimum absolute atomic E-state index is 0.0671. The molecule has 1 aromatic heterocycles. The number of carbonyl (C=O) groups excluding carboxylic acids is 1. The first-order valence-corrected chi connectivity index (χ1v) is 6.06. The van der Waals surface area contributed by atoms with Crippen LogP contribution in [0.4, 0.5) is 18.9 Å². The van der Waals surface area contributed by atoms with Crippen LogP contribution in [0.5, 0.6) is 0 Å². The summed E-state index contributed by atoms with van der Waals surface area (Å²) in [6.07, 6.45) is -3.13. The number of amides is 1. The van der Waals surface area contributed by atoms with Gasteiger partial charge in [0.1, 0.15) is 6.33 Å². The van der Waals surface area contributed by atoms with E-state index in [1.165, 1.54) is 18.5 Å². The van der Waals surface area contributed by atoms with Gasteiger partial charge in [0.2, 0.25) is 0 Å². The van der Waals surface area contributed by atoms with Gasteiger partial charge in [-0.3, -0.25) is 4.79 Å². The van der Waals surface area contributed by atoms with Crippen LogP contribution in [-0.4, -0.2) is 15.9 Å². The molecule has 1 amide bonds. The van der Waals surface area contributed by atoms with Crippen molar-refractivity contribution in [3.8, 4) is 0 Å². The summed E-state index contributed by atoms with van der Waals surface area (Å²) in [6.45, 7) is 3.27. The van der Waals surface area contributed by atoms with Crippen LogP contribution in [-0.2, 0) is 6.18 Å². The number of anilines is 1. The third kappa shape index (κ3) is 3.36. The third-order valence-corrected chi connectivity index (χ3v) is 2.90. The molecule has 0 spiro atoms. The molecule has 110 valence electrons. The fourth-order valence-electron chi connectivity index (χ4n) is 1.89. The first kappa shape index (κ1) is 15.0. The van der Waals surface area contributed by atoms with E-state index >= 15 is 0 Å². The maximum Gasteiger partial charge on any atom is 0.416 e. The number of carbonyl (C=O) groups is 1. The van der Waals surface area contributed by atoms with E-state index in [-0.39, 0.29) is 11.3 Å². The highest BCUT2D eigenvalue weighted by atomic mass is 19.4.